The summed E-state index contributed by atoms with van der Waals surface area (Å²) in [5, 5.41) is 2.81. The Kier molecular flexibility index (Phi) is 7.82. The molecule has 0 unspecified atom stereocenters. The highest BCUT2D eigenvalue weighted by Crippen LogP contribution is 2.13. The molecular weight excluding hydrogens is 332 g/mol. The van der Waals surface area contributed by atoms with Gasteiger partial charge >= 0.3 is 0 Å². The number of benzene rings is 1. The minimum Gasteiger partial charge on any atom is -0.497 e. The Morgan fingerprint density at radius 1 is 1.19 bits per heavy atom. The van der Waals surface area contributed by atoms with Crippen molar-refractivity contribution >= 4 is 5.91 Å². The topological polar surface area (TPSA) is 110 Å². The average Bonchev–Trinajstić information content (AvgIpc) is 2.64. The number of hydrogen-bond donors (Lipinski definition) is 3. The van der Waals surface area contributed by atoms with Crippen LogP contribution >= 0.6 is 0 Å². The molecule has 0 radical (unpaired) electrons. The fraction of sp³-hybridized carbons (Fsp3) is 0.421. The van der Waals surface area contributed by atoms with Crippen LogP contribution < -0.4 is 21.3 Å². The average molecular weight is 358 g/mol. The number of carbonyl (C=O) groups is 1. The molecule has 1 aromatic carbocycles. The molecule has 1 heterocycles. The van der Waals surface area contributed by atoms with Gasteiger partial charge in [0.25, 0.3) is 11.5 Å². The van der Waals surface area contributed by atoms with Gasteiger partial charge in [0.15, 0.2) is 0 Å². The van der Waals surface area contributed by atoms with E-state index in [1.165, 1.54) is 6.07 Å². The number of aromatic nitrogens is 2. The van der Waals surface area contributed by atoms with Crippen LogP contribution in [0.25, 0.3) is 0 Å². The van der Waals surface area contributed by atoms with Gasteiger partial charge in [0.05, 0.1) is 7.11 Å². The first kappa shape index (κ1) is 19.7. The molecule has 7 nitrogen and oxygen atoms in total. The summed E-state index contributed by atoms with van der Waals surface area (Å²) in [6.45, 7) is 1.26. The van der Waals surface area contributed by atoms with Gasteiger partial charge in [0.2, 0.25) is 0 Å². The molecule has 140 valence electrons. The molecule has 0 saturated heterocycles. The van der Waals surface area contributed by atoms with Gasteiger partial charge in [-0.25, -0.2) is 4.98 Å². The number of hydrogen-bond acceptors (Lipinski definition) is 5. The van der Waals surface area contributed by atoms with Crippen molar-refractivity contribution in [1.82, 2.24) is 15.3 Å². The van der Waals surface area contributed by atoms with Crippen LogP contribution in [0.15, 0.2) is 35.1 Å². The number of amides is 1. The van der Waals surface area contributed by atoms with Crippen molar-refractivity contribution in [1.29, 1.82) is 0 Å². The zero-order chi connectivity index (χ0) is 18.8. The van der Waals surface area contributed by atoms with Crippen molar-refractivity contribution in [2.45, 2.75) is 32.1 Å². The lowest BCUT2D eigenvalue weighted by Crippen LogP contribution is -2.28. The molecule has 0 saturated carbocycles. The molecule has 0 aliphatic heterocycles. The molecule has 7 heteroatoms. The summed E-state index contributed by atoms with van der Waals surface area (Å²) in [7, 11) is 1.61. The third-order valence-corrected chi connectivity index (χ3v) is 3.97. The first-order valence-electron chi connectivity index (χ1n) is 8.84. The van der Waals surface area contributed by atoms with Crippen LogP contribution in [0.1, 0.15) is 47.6 Å². The van der Waals surface area contributed by atoms with E-state index in [-0.39, 0.29) is 17.2 Å². The number of methoxy groups -OCH3 is 1. The number of unbranched alkanes of at least 4 members (excludes halogenated alkanes) is 3. The number of rotatable bonds is 10. The van der Waals surface area contributed by atoms with Crippen molar-refractivity contribution < 1.29 is 9.53 Å². The number of nitrogens with one attached hydrogen (secondary N) is 2. The van der Waals surface area contributed by atoms with Gasteiger partial charge in [-0.1, -0.05) is 25.0 Å². The van der Waals surface area contributed by atoms with Crippen LogP contribution in [0.3, 0.4) is 0 Å². The Bertz CT molecular complexity index is 756. The Morgan fingerprint density at radius 2 is 1.92 bits per heavy atom. The van der Waals surface area contributed by atoms with Crippen molar-refractivity contribution in [2.24, 2.45) is 5.73 Å². The van der Waals surface area contributed by atoms with E-state index >= 15 is 0 Å². The summed E-state index contributed by atoms with van der Waals surface area (Å²) in [6.07, 6.45) is 4.38. The molecular formula is C19H26N4O3. The van der Waals surface area contributed by atoms with Gasteiger partial charge in [-0.15, -0.1) is 0 Å². The molecule has 0 bridgehead atoms. The van der Waals surface area contributed by atoms with E-state index < -0.39 is 0 Å². The normalized spacial score (nSPS) is 10.5. The van der Waals surface area contributed by atoms with E-state index in [0.29, 0.717) is 25.3 Å². The van der Waals surface area contributed by atoms with Gasteiger partial charge < -0.3 is 20.8 Å². The smallest absolute Gasteiger partial charge is 0.270 e. The van der Waals surface area contributed by atoms with Gasteiger partial charge in [-0.05, 0) is 37.1 Å². The van der Waals surface area contributed by atoms with Gasteiger partial charge in [0.1, 0.15) is 17.3 Å². The zero-order valence-corrected chi connectivity index (χ0v) is 15.1. The van der Waals surface area contributed by atoms with Crippen molar-refractivity contribution in [3.63, 3.8) is 0 Å². The maximum Gasteiger partial charge on any atom is 0.270 e. The molecule has 2 aromatic rings. The predicted octanol–water partition coefficient (Wildman–Crippen LogP) is 1.62. The highest BCUT2D eigenvalue weighted by Gasteiger charge is 2.10. The molecule has 0 fully saturated rings. The molecule has 4 N–H and O–H groups in total. The minimum absolute atomic E-state index is 0.138. The van der Waals surface area contributed by atoms with E-state index in [1.807, 2.05) is 24.3 Å². The number of H-pyrrole nitrogens is 1. The zero-order valence-electron chi connectivity index (χ0n) is 15.1. The lowest BCUT2D eigenvalue weighted by Gasteiger charge is -2.07. The Balaban J connectivity index is 1.95. The second kappa shape index (κ2) is 10.4. The Hall–Kier alpha value is -2.67. The van der Waals surface area contributed by atoms with Crippen LogP contribution in [-0.4, -0.2) is 36.1 Å². The Labute approximate surface area is 153 Å². The number of nitrogens with zero attached hydrogens (tertiary/aromatic N) is 1. The first-order chi connectivity index (χ1) is 12.6. The van der Waals surface area contributed by atoms with Gasteiger partial charge in [-0.3, -0.25) is 9.59 Å². The summed E-state index contributed by atoms with van der Waals surface area (Å²) in [6, 6.07) is 8.70. The lowest BCUT2D eigenvalue weighted by atomic mass is 10.1. The van der Waals surface area contributed by atoms with Crippen LogP contribution in [0.4, 0.5) is 0 Å². The molecule has 0 aliphatic carbocycles. The number of ether oxygens (including phenoxy) is 1. The second-order valence-electron chi connectivity index (χ2n) is 6.06. The lowest BCUT2D eigenvalue weighted by molar-refractivity contribution is 0.0947. The molecule has 0 aliphatic rings. The Morgan fingerprint density at radius 3 is 2.62 bits per heavy atom. The van der Waals surface area contributed by atoms with Crippen molar-refractivity contribution in [3.05, 3.63) is 57.8 Å². The highest BCUT2D eigenvalue weighted by molar-refractivity contribution is 5.92. The van der Waals surface area contributed by atoms with E-state index in [2.05, 4.69) is 15.3 Å². The monoisotopic (exact) mass is 358 g/mol. The third-order valence-electron chi connectivity index (χ3n) is 3.97. The minimum atomic E-state index is -0.336. The molecule has 26 heavy (non-hydrogen) atoms. The maximum absolute atomic E-state index is 12.2. The number of carbonyl (C=O) groups excluding carboxylic acids is 1. The molecule has 0 atom stereocenters. The van der Waals surface area contributed by atoms with Crippen LogP contribution in [0, 0.1) is 0 Å². The molecule has 1 aromatic heterocycles. The number of aromatic amines is 1. The molecule has 2 rings (SSSR count). The van der Waals surface area contributed by atoms with Gasteiger partial charge in [0, 0.05) is 19.0 Å². The van der Waals surface area contributed by atoms with E-state index in [9.17, 15) is 9.59 Å². The van der Waals surface area contributed by atoms with Crippen LogP contribution in [0.5, 0.6) is 5.75 Å². The molecule has 0 spiro atoms. The summed E-state index contributed by atoms with van der Waals surface area (Å²) < 4.78 is 5.12. The SMILES string of the molecule is COc1ccc(Cc2nc(C(=O)NCCCCCCN)cc(=O)[nH]2)cc1. The number of nitrogens with two attached hydrogens (primary N) is 1. The first-order valence-corrected chi connectivity index (χ1v) is 8.84. The van der Waals surface area contributed by atoms with Crippen molar-refractivity contribution in [2.75, 3.05) is 20.2 Å². The van der Waals surface area contributed by atoms with Crippen molar-refractivity contribution in [3.8, 4) is 5.75 Å². The quantitative estimate of drug-likeness (QED) is 0.559. The fourth-order valence-corrected chi connectivity index (χ4v) is 2.56. The molecule has 1 amide bonds. The van der Waals surface area contributed by atoms with E-state index in [0.717, 1.165) is 37.0 Å². The highest BCUT2D eigenvalue weighted by atomic mass is 16.5. The predicted molar refractivity (Wildman–Crippen MR) is 101 cm³/mol. The largest absolute Gasteiger partial charge is 0.497 e. The van der Waals surface area contributed by atoms with Gasteiger partial charge in [-0.2, -0.15) is 0 Å². The summed E-state index contributed by atoms with van der Waals surface area (Å²) in [5.74, 6) is 0.886. The second-order valence-corrected chi connectivity index (χ2v) is 6.06. The summed E-state index contributed by atoms with van der Waals surface area (Å²) in [4.78, 5) is 31.0. The summed E-state index contributed by atoms with van der Waals surface area (Å²) >= 11 is 0. The fourth-order valence-electron chi connectivity index (χ4n) is 2.56. The van der Waals surface area contributed by atoms with E-state index in [1.54, 1.807) is 7.11 Å². The van der Waals surface area contributed by atoms with Crippen LogP contribution in [-0.2, 0) is 6.42 Å². The third kappa shape index (κ3) is 6.33. The van der Waals surface area contributed by atoms with Crippen LogP contribution in [0.2, 0.25) is 0 Å². The standard InChI is InChI=1S/C19H26N4O3/c1-26-15-8-6-14(7-9-15)12-17-22-16(13-18(24)23-17)19(25)21-11-5-3-2-4-10-20/h6-9,13H,2-5,10-12,20H2,1H3,(H,21,25)(H,22,23,24). The summed E-state index contributed by atoms with van der Waals surface area (Å²) in [5.41, 5.74) is 6.21. The maximum atomic E-state index is 12.2. The van der Waals surface area contributed by atoms with E-state index in [4.69, 9.17) is 10.5 Å².